The number of pyridine rings is 1. The van der Waals surface area contributed by atoms with E-state index in [0.29, 0.717) is 25.7 Å². The summed E-state index contributed by atoms with van der Waals surface area (Å²) < 4.78 is 17.2. The second kappa shape index (κ2) is 11.5. The van der Waals surface area contributed by atoms with E-state index in [1.54, 1.807) is 7.11 Å². The van der Waals surface area contributed by atoms with Crippen molar-refractivity contribution in [2.45, 2.75) is 44.8 Å². The fourth-order valence-electron chi connectivity index (χ4n) is 5.54. The van der Waals surface area contributed by atoms with Crippen LogP contribution in [0.15, 0.2) is 54.7 Å². The van der Waals surface area contributed by atoms with Crippen LogP contribution in [0.2, 0.25) is 0 Å². The van der Waals surface area contributed by atoms with Crippen LogP contribution in [-0.2, 0) is 19.0 Å². The first kappa shape index (κ1) is 24.9. The monoisotopic (exact) mass is 488 g/mol. The summed E-state index contributed by atoms with van der Waals surface area (Å²) in [5, 5.41) is 2.39. The summed E-state index contributed by atoms with van der Waals surface area (Å²) in [4.78, 5) is 19.2. The van der Waals surface area contributed by atoms with Crippen molar-refractivity contribution in [1.82, 2.24) is 9.88 Å². The van der Waals surface area contributed by atoms with Gasteiger partial charge < -0.3 is 19.1 Å². The maximum absolute atomic E-state index is 12.8. The lowest BCUT2D eigenvalue weighted by Gasteiger charge is -2.37. The zero-order valence-corrected chi connectivity index (χ0v) is 21.3. The van der Waals surface area contributed by atoms with E-state index < -0.39 is 0 Å². The number of aromatic nitrogens is 1. The lowest BCUT2D eigenvalue weighted by molar-refractivity contribution is -0.143. The average molecular weight is 489 g/mol. The van der Waals surface area contributed by atoms with Gasteiger partial charge in [-0.2, -0.15) is 0 Å². The third-order valence-corrected chi connectivity index (χ3v) is 7.61. The number of fused-ring (bicyclic) bond motifs is 1. The molecule has 6 nitrogen and oxygen atoms in total. The van der Waals surface area contributed by atoms with Crippen molar-refractivity contribution < 1.29 is 19.0 Å². The number of carbonyl (C=O) groups is 1. The second-order valence-electron chi connectivity index (χ2n) is 9.90. The molecule has 2 saturated heterocycles. The van der Waals surface area contributed by atoms with Crippen LogP contribution in [0.4, 0.5) is 0 Å². The largest absolute Gasteiger partial charge is 0.382 e. The van der Waals surface area contributed by atoms with E-state index in [1.165, 1.54) is 27.5 Å². The minimum atomic E-state index is -0.238. The number of aryl methyl sites for hydroxylation is 1. The predicted molar refractivity (Wildman–Crippen MR) is 141 cm³/mol. The Kier molecular flexibility index (Phi) is 7.95. The Hall–Kier alpha value is -2.80. The second-order valence-corrected chi connectivity index (χ2v) is 9.90. The van der Waals surface area contributed by atoms with Crippen molar-refractivity contribution in [3.63, 3.8) is 0 Å². The van der Waals surface area contributed by atoms with Gasteiger partial charge in [0.15, 0.2) is 0 Å². The maximum atomic E-state index is 12.8. The molecule has 3 heterocycles. The molecule has 1 amide bonds. The Morgan fingerprint density at radius 3 is 2.56 bits per heavy atom. The number of hydrogen-bond donors (Lipinski definition) is 0. The summed E-state index contributed by atoms with van der Waals surface area (Å²) in [5.74, 6) is 0.519. The van der Waals surface area contributed by atoms with Gasteiger partial charge >= 0.3 is 0 Å². The Balaban J connectivity index is 1.30. The number of piperidine rings is 1. The molecule has 2 aromatic carbocycles. The summed E-state index contributed by atoms with van der Waals surface area (Å²) in [7, 11) is 1.70. The fraction of sp³-hybridized carbons (Fsp3) is 0.467. The number of amides is 1. The molecule has 2 fully saturated rings. The van der Waals surface area contributed by atoms with Crippen molar-refractivity contribution in [2.24, 2.45) is 5.92 Å². The quantitative estimate of drug-likeness (QED) is 0.401. The molecule has 2 atom stereocenters. The van der Waals surface area contributed by atoms with E-state index >= 15 is 0 Å². The van der Waals surface area contributed by atoms with Crippen LogP contribution < -0.4 is 0 Å². The van der Waals surface area contributed by atoms with Crippen LogP contribution >= 0.6 is 0 Å². The number of hydrogen-bond acceptors (Lipinski definition) is 5. The standard InChI is InChI=1S/C30H36N2O4/c1-21-27-10-9-25(20-26(27)11-14-31-21)22-5-7-23(8-6-22)29(36-19-18-34-2)24-12-15-32(16-13-24)30(33)28-4-3-17-35-28/h5-11,14,20,24,28-29H,3-4,12-13,15-19H2,1-2H3. The van der Waals surface area contributed by atoms with Crippen molar-refractivity contribution >= 4 is 16.7 Å². The van der Waals surface area contributed by atoms with Gasteiger partial charge in [0.1, 0.15) is 6.10 Å². The molecule has 2 unspecified atom stereocenters. The van der Waals surface area contributed by atoms with Gasteiger partial charge in [0.2, 0.25) is 0 Å². The first-order valence-corrected chi connectivity index (χ1v) is 13.1. The van der Waals surface area contributed by atoms with Gasteiger partial charge in [-0.1, -0.05) is 36.4 Å². The van der Waals surface area contributed by atoms with Crippen molar-refractivity contribution in [2.75, 3.05) is 40.0 Å². The summed E-state index contributed by atoms with van der Waals surface area (Å²) in [6, 6.07) is 17.4. The van der Waals surface area contributed by atoms with Crippen LogP contribution in [0.1, 0.15) is 43.0 Å². The van der Waals surface area contributed by atoms with E-state index in [4.69, 9.17) is 14.2 Å². The van der Waals surface area contributed by atoms with Crippen LogP contribution in [-0.4, -0.2) is 61.9 Å². The van der Waals surface area contributed by atoms with Gasteiger partial charge in [-0.25, -0.2) is 0 Å². The third kappa shape index (κ3) is 5.46. The number of benzene rings is 2. The zero-order chi connectivity index (χ0) is 24.9. The zero-order valence-electron chi connectivity index (χ0n) is 21.3. The SMILES string of the molecule is COCCOC(c1ccc(-c2ccc3c(C)nccc3c2)cc1)C1CCN(C(=O)C2CCCO2)CC1. The number of nitrogens with zero attached hydrogens (tertiary/aromatic N) is 2. The minimum absolute atomic E-state index is 0.0143. The first-order chi connectivity index (χ1) is 17.6. The van der Waals surface area contributed by atoms with Gasteiger partial charge in [0.05, 0.1) is 19.3 Å². The van der Waals surface area contributed by atoms with Gasteiger partial charge in [-0.15, -0.1) is 0 Å². The van der Waals surface area contributed by atoms with Gasteiger partial charge in [0.25, 0.3) is 5.91 Å². The molecule has 0 radical (unpaired) electrons. The predicted octanol–water partition coefficient (Wildman–Crippen LogP) is 5.33. The highest BCUT2D eigenvalue weighted by molar-refractivity contribution is 5.88. The molecule has 2 aliphatic heterocycles. The van der Waals surface area contributed by atoms with Gasteiger partial charge in [-0.05, 0) is 72.7 Å². The molecule has 0 N–H and O–H groups in total. The topological polar surface area (TPSA) is 60.9 Å². The third-order valence-electron chi connectivity index (χ3n) is 7.61. The number of ether oxygens (including phenoxy) is 3. The van der Waals surface area contributed by atoms with Gasteiger partial charge in [0, 0.05) is 44.1 Å². The average Bonchev–Trinajstić information content (AvgIpc) is 3.46. The van der Waals surface area contributed by atoms with E-state index in [9.17, 15) is 4.79 Å². The van der Waals surface area contributed by atoms with Crippen molar-refractivity contribution in [3.8, 4) is 11.1 Å². The Labute approximate surface area is 213 Å². The Morgan fingerprint density at radius 1 is 1.06 bits per heavy atom. The molecule has 1 aromatic heterocycles. The van der Waals surface area contributed by atoms with E-state index in [1.807, 2.05) is 18.0 Å². The van der Waals surface area contributed by atoms with Gasteiger partial charge in [-0.3, -0.25) is 9.78 Å². The molecule has 0 bridgehead atoms. The smallest absolute Gasteiger partial charge is 0.251 e. The van der Waals surface area contributed by atoms with Crippen LogP contribution in [0.5, 0.6) is 0 Å². The number of methoxy groups -OCH3 is 1. The molecule has 2 aliphatic rings. The van der Waals surface area contributed by atoms with Crippen LogP contribution in [0.3, 0.4) is 0 Å². The molecule has 36 heavy (non-hydrogen) atoms. The first-order valence-electron chi connectivity index (χ1n) is 13.1. The number of carbonyl (C=O) groups excluding carboxylic acids is 1. The highest BCUT2D eigenvalue weighted by atomic mass is 16.5. The van der Waals surface area contributed by atoms with E-state index in [-0.39, 0.29) is 18.1 Å². The summed E-state index contributed by atoms with van der Waals surface area (Å²) in [6.45, 7) is 5.39. The number of likely N-dealkylation sites (tertiary alicyclic amines) is 1. The lowest BCUT2D eigenvalue weighted by Crippen LogP contribution is -2.44. The summed E-state index contributed by atoms with van der Waals surface area (Å²) >= 11 is 0. The molecule has 0 aliphatic carbocycles. The van der Waals surface area contributed by atoms with Crippen LogP contribution in [0, 0.1) is 12.8 Å². The molecule has 0 saturated carbocycles. The van der Waals surface area contributed by atoms with Crippen molar-refractivity contribution in [1.29, 1.82) is 0 Å². The van der Waals surface area contributed by atoms with Crippen molar-refractivity contribution in [3.05, 3.63) is 66.0 Å². The Bertz CT molecular complexity index is 1170. The highest BCUT2D eigenvalue weighted by Gasteiger charge is 2.34. The number of rotatable bonds is 8. The molecule has 0 spiro atoms. The minimum Gasteiger partial charge on any atom is -0.382 e. The molecular weight excluding hydrogens is 452 g/mol. The molecule has 6 heteroatoms. The Morgan fingerprint density at radius 2 is 1.83 bits per heavy atom. The van der Waals surface area contributed by atoms with E-state index in [0.717, 1.165) is 44.5 Å². The lowest BCUT2D eigenvalue weighted by atomic mass is 9.86. The molecule has 5 rings (SSSR count). The molecular formula is C30H36N2O4. The van der Waals surface area contributed by atoms with Crippen LogP contribution in [0.25, 0.3) is 21.9 Å². The highest BCUT2D eigenvalue weighted by Crippen LogP contribution is 2.35. The molecule has 190 valence electrons. The molecule has 3 aromatic rings. The fourth-order valence-corrected chi connectivity index (χ4v) is 5.54. The maximum Gasteiger partial charge on any atom is 0.251 e. The normalized spacial score (nSPS) is 19.6. The summed E-state index contributed by atoms with van der Waals surface area (Å²) in [6.07, 6.45) is 5.30. The summed E-state index contributed by atoms with van der Waals surface area (Å²) in [5.41, 5.74) is 4.61. The van der Waals surface area contributed by atoms with E-state index in [2.05, 4.69) is 53.5 Å².